The van der Waals surface area contributed by atoms with Crippen LogP contribution in [0.1, 0.15) is 67.7 Å². The van der Waals surface area contributed by atoms with Gasteiger partial charge in [-0.3, -0.25) is 9.59 Å². The molecule has 190 valence electrons. The molecule has 5 nitrogen and oxygen atoms in total. The van der Waals surface area contributed by atoms with Crippen molar-refractivity contribution in [3.05, 3.63) is 62.6 Å². The summed E-state index contributed by atoms with van der Waals surface area (Å²) in [4.78, 5) is 28.5. The van der Waals surface area contributed by atoms with Crippen molar-refractivity contribution in [3.63, 3.8) is 0 Å². The normalized spacial score (nSPS) is 14.9. The lowest BCUT2D eigenvalue weighted by atomic mass is 9.95. The first-order valence-electron chi connectivity index (χ1n) is 12.4. The molecule has 0 radical (unpaired) electrons. The summed E-state index contributed by atoms with van der Waals surface area (Å²) < 4.78 is 5.98. The molecule has 3 rings (SSSR count). The lowest BCUT2D eigenvalue weighted by Crippen LogP contribution is -2.52. The fourth-order valence-corrected chi connectivity index (χ4v) is 5.14. The molecule has 1 aliphatic rings. The van der Waals surface area contributed by atoms with E-state index in [4.69, 9.17) is 27.9 Å². The van der Waals surface area contributed by atoms with Crippen molar-refractivity contribution < 1.29 is 14.3 Å². The largest absolute Gasteiger partial charge is 0.483 e. The molecule has 1 fully saturated rings. The monoisotopic (exact) mass is 518 g/mol. The maximum absolute atomic E-state index is 13.5. The Bertz CT molecular complexity index is 1050. The highest BCUT2D eigenvalue weighted by molar-refractivity contribution is 6.35. The molecule has 35 heavy (non-hydrogen) atoms. The second kappa shape index (κ2) is 12.6. The van der Waals surface area contributed by atoms with E-state index in [2.05, 4.69) is 11.4 Å². The Balaban J connectivity index is 1.82. The maximum atomic E-state index is 13.5. The number of hydrogen-bond acceptors (Lipinski definition) is 3. The third kappa shape index (κ3) is 7.37. The number of nitrogens with zero attached hydrogens (tertiary/aromatic N) is 1. The number of benzene rings is 2. The summed E-state index contributed by atoms with van der Waals surface area (Å²) in [6, 6.07) is 8.75. The summed E-state index contributed by atoms with van der Waals surface area (Å²) in [7, 11) is 0. The summed E-state index contributed by atoms with van der Waals surface area (Å²) in [5.41, 5.74) is 3.91. The van der Waals surface area contributed by atoms with E-state index in [1.807, 2.05) is 33.8 Å². The summed E-state index contributed by atoms with van der Waals surface area (Å²) in [5, 5.41) is 4.17. The number of rotatable bonds is 9. The van der Waals surface area contributed by atoms with Gasteiger partial charge in [0, 0.05) is 22.6 Å². The molecule has 1 aliphatic carbocycles. The average Bonchev–Trinajstić information content (AvgIpc) is 2.82. The van der Waals surface area contributed by atoms with Crippen LogP contribution in [0, 0.1) is 20.8 Å². The van der Waals surface area contributed by atoms with Gasteiger partial charge in [-0.1, -0.05) is 61.5 Å². The first kappa shape index (κ1) is 27.3. The van der Waals surface area contributed by atoms with Crippen molar-refractivity contribution in [2.24, 2.45) is 0 Å². The van der Waals surface area contributed by atoms with Crippen LogP contribution < -0.4 is 10.1 Å². The van der Waals surface area contributed by atoms with Crippen molar-refractivity contribution in [2.45, 2.75) is 84.8 Å². The molecule has 1 saturated carbocycles. The van der Waals surface area contributed by atoms with E-state index in [1.165, 1.54) is 6.42 Å². The molecule has 0 heterocycles. The number of carbonyl (C=O) groups excluding carboxylic acids is 2. The van der Waals surface area contributed by atoms with Gasteiger partial charge in [0.25, 0.3) is 5.91 Å². The van der Waals surface area contributed by atoms with Crippen LogP contribution in [-0.2, 0) is 16.1 Å². The summed E-state index contributed by atoms with van der Waals surface area (Å²) in [5.74, 6) is 0.292. The highest BCUT2D eigenvalue weighted by Crippen LogP contribution is 2.26. The molecule has 0 bridgehead atoms. The molecule has 0 spiro atoms. The second-order valence-corrected chi connectivity index (χ2v) is 10.4. The van der Waals surface area contributed by atoms with Crippen LogP contribution in [0.3, 0.4) is 0 Å². The number of amides is 2. The molecule has 0 aromatic heterocycles. The van der Waals surface area contributed by atoms with Crippen LogP contribution in [0.5, 0.6) is 5.75 Å². The SMILES string of the molecule is CCC(C(=O)NC1CCCCC1)N(Cc1ccc(Cl)cc1Cl)C(=O)COc1cc(C)cc(C)c1C. The van der Waals surface area contributed by atoms with E-state index in [0.717, 1.165) is 47.9 Å². The molecule has 0 aliphatic heterocycles. The second-order valence-electron chi connectivity index (χ2n) is 9.52. The molecule has 0 saturated heterocycles. The fraction of sp³-hybridized carbons (Fsp3) is 0.500. The van der Waals surface area contributed by atoms with Gasteiger partial charge in [0.1, 0.15) is 11.8 Å². The Labute approximate surface area is 219 Å². The molecular formula is C28H36Cl2N2O3. The van der Waals surface area contributed by atoms with Crippen LogP contribution in [0.4, 0.5) is 0 Å². The van der Waals surface area contributed by atoms with E-state index in [0.29, 0.717) is 22.2 Å². The zero-order valence-corrected chi connectivity index (χ0v) is 22.6. The third-order valence-electron chi connectivity index (χ3n) is 6.81. The molecular weight excluding hydrogens is 483 g/mol. The molecule has 1 unspecified atom stereocenters. The van der Waals surface area contributed by atoms with Crippen LogP contribution in [-0.4, -0.2) is 35.4 Å². The van der Waals surface area contributed by atoms with Crippen molar-refractivity contribution in [1.82, 2.24) is 10.2 Å². The van der Waals surface area contributed by atoms with Gasteiger partial charge in [-0.05, 0) is 80.5 Å². The molecule has 2 amide bonds. The lowest BCUT2D eigenvalue weighted by Gasteiger charge is -2.33. The first-order valence-corrected chi connectivity index (χ1v) is 13.2. The van der Waals surface area contributed by atoms with Gasteiger partial charge in [0.05, 0.1) is 0 Å². The van der Waals surface area contributed by atoms with Gasteiger partial charge < -0.3 is 15.0 Å². The van der Waals surface area contributed by atoms with Gasteiger partial charge in [-0.25, -0.2) is 0 Å². The van der Waals surface area contributed by atoms with Crippen LogP contribution >= 0.6 is 23.2 Å². The quantitative estimate of drug-likeness (QED) is 0.409. The molecule has 1 N–H and O–H groups in total. The highest BCUT2D eigenvalue weighted by Gasteiger charge is 2.31. The number of carbonyl (C=O) groups is 2. The smallest absolute Gasteiger partial charge is 0.261 e. The molecule has 7 heteroatoms. The Morgan fingerprint density at radius 1 is 1.09 bits per heavy atom. The Kier molecular flexibility index (Phi) is 9.88. The zero-order chi connectivity index (χ0) is 25.5. The Morgan fingerprint density at radius 3 is 2.46 bits per heavy atom. The van der Waals surface area contributed by atoms with Gasteiger partial charge >= 0.3 is 0 Å². The minimum atomic E-state index is -0.625. The number of aryl methyl sites for hydroxylation is 2. The van der Waals surface area contributed by atoms with E-state index >= 15 is 0 Å². The molecule has 2 aromatic carbocycles. The van der Waals surface area contributed by atoms with Crippen molar-refractivity contribution >= 4 is 35.0 Å². The topological polar surface area (TPSA) is 58.6 Å². The van der Waals surface area contributed by atoms with E-state index in [1.54, 1.807) is 23.1 Å². The van der Waals surface area contributed by atoms with Gasteiger partial charge in [-0.2, -0.15) is 0 Å². The standard InChI is InChI=1S/C28H36Cl2N2O3/c1-5-25(28(34)31-23-9-7-6-8-10-23)32(16-21-11-12-22(29)15-24(21)30)27(33)17-35-26-14-18(2)13-19(3)20(26)4/h11-15,23,25H,5-10,16-17H2,1-4H3,(H,31,34). The van der Waals surface area contributed by atoms with Gasteiger partial charge in [-0.15, -0.1) is 0 Å². The van der Waals surface area contributed by atoms with Crippen LogP contribution in [0.2, 0.25) is 10.0 Å². The minimum absolute atomic E-state index is 0.125. The zero-order valence-electron chi connectivity index (χ0n) is 21.1. The maximum Gasteiger partial charge on any atom is 0.261 e. The Hall–Kier alpha value is -2.24. The molecule has 2 aromatic rings. The summed E-state index contributed by atoms with van der Waals surface area (Å²) in [6.45, 7) is 7.95. The first-order chi connectivity index (χ1) is 16.7. The van der Waals surface area contributed by atoms with Gasteiger partial charge in [0.2, 0.25) is 5.91 Å². The lowest BCUT2D eigenvalue weighted by molar-refractivity contribution is -0.143. The number of nitrogens with one attached hydrogen (secondary N) is 1. The number of ether oxygens (including phenoxy) is 1. The summed E-state index contributed by atoms with van der Waals surface area (Å²) >= 11 is 12.5. The van der Waals surface area contributed by atoms with Crippen LogP contribution in [0.15, 0.2) is 30.3 Å². The predicted molar refractivity (Wildman–Crippen MR) is 142 cm³/mol. The fourth-order valence-electron chi connectivity index (χ4n) is 4.67. The van der Waals surface area contributed by atoms with Crippen molar-refractivity contribution in [2.75, 3.05) is 6.61 Å². The predicted octanol–water partition coefficient (Wildman–Crippen LogP) is 6.55. The minimum Gasteiger partial charge on any atom is -0.483 e. The highest BCUT2D eigenvalue weighted by atomic mass is 35.5. The number of hydrogen-bond donors (Lipinski definition) is 1. The molecule has 1 atom stereocenters. The van der Waals surface area contributed by atoms with E-state index in [-0.39, 0.29) is 31.0 Å². The number of halogens is 2. The van der Waals surface area contributed by atoms with E-state index < -0.39 is 6.04 Å². The van der Waals surface area contributed by atoms with Crippen molar-refractivity contribution in [3.8, 4) is 5.75 Å². The summed E-state index contributed by atoms with van der Waals surface area (Å²) in [6.07, 6.45) is 5.89. The average molecular weight is 520 g/mol. The van der Waals surface area contributed by atoms with Gasteiger partial charge in [0.15, 0.2) is 6.61 Å². The van der Waals surface area contributed by atoms with Crippen molar-refractivity contribution in [1.29, 1.82) is 0 Å². The van der Waals surface area contributed by atoms with Crippen LogP contribution in [0.25, 0.3) is 0 Å². The Morgan fingerprint density at radius 2 is 1.80 bits per heavy atom. The van der Waals surface area contributed by atoms with E-state index in [9.17, 15) is 9.59 Å². The third-order valence-corrected chi connectivity index (χ3v) is 7.40.